The summed E-state index contributed by atoms with van der Waals surface area (Å²) in [6.07, 6.45) is 4.01. The average Bonchev–Trinajstić information content (AvgIpc) is 3.20. The van der Waals surface area contributed by atoms with Crippen molar-refractivity contribution in [2.45, 2.75) is 65.5 Å². The predicted octanol–water partition coefficient (Wildman–Crippen LogP) is 3.34. The van der Waals surface area contributed by atoms with Gasteiger partial charge in [-0.3, -0.25) is 14.4 Å². The molecule has 0 fully saturated rings. The van der Waals surface area contributed by atoms with Crippen LogP contribution in [-0.4, -0.2) is 33.4 Å². The molecule has 1 aliphatic carbocycles. The minimum Gasteiger partial charge on any atom is -0.449 e. The molecule has 4 rings (SSSR count). The number of hydrogen-bond acceptors (Lipinski definition) is 7. The zero-order chi connectivity index (χ0) is 25.3. The maximum atomic E-state index is 13.0. The Labute approximate surface area is 206 Å². The van der Waals surface area contributed by atoms with Crippen molar-refractivity contribution in [3.63, 3.8) is 0 Å². The van der Waals surface area contributed by atoms with Gasteiger partial charge in [0.05, 0.1) is 10.9 Å². The first-order valence-electron chi connectivity index (χ1n) is 11.7. The van der Waals surface area contributed by atoms with Gasteiger partial charge in [0.25, 0.3) is 11.8 Å². The van der Waals surface area contributed by atoms with E-state index in [1.54, 1.807) is 23.6 Å². The van der Waals surface area contributed by atoms with E-state index >= 15 is 0 Å². The number of aromatic nitrogens is 2. The van der Waals surface area contributed by atoms with E-state index < -0.39 is 29.3 Å². The molecule has 3 aromatic heterocycles. The number of esters is 1. The lowest BCUT2D eigenvalue weighted by atomic mass is 9.95. The molecule has 9 nitrogen and oxygen atoms in total. The van der Waals surface area contributed by atoms with Gasteiger partial charge in [0.15, 0.2) is 6.10 Å². The molecule has 0 spiro atoms. The number of nitrogens with one attached hydrogen (secondary N) is 1. The van der Waals surface area contributed by atoms with Crippen molar-refractivity contribution in [2.75, 3.05) is 5.32 Å². The van der Waals surface area contributed by atoms with Crippen LogP contribution in [0.5, 0.6) is 0 Å². The largest absolute Gasteiger partial charge is 0.449 e. The van der Waals surface area contributed by atoms with E-state index in [1.165, 1.54) is 17.5 Å². The fourth-order valence-corrected chi connectivity index (χ4v) is 5.67. The second-order valence-electron chi connectivity index (χ2n) is 8.55. The van der Waals surface area contributed by atoms with Crippen molar-refractivity contribution in [3.8, 4) is 0 Å². The van der Waals surface area contributed by atoms with Crippen LogP contribution in [0.25, 0.3) is 11.0 Å². The number of aryl methyl sites for hydroxylation is 3. The summed E-state index contributed by atoms with van der Waals surface area (Å²) in [5.74, 6) is -2.05. The lowest BCUT2D eigenvalue weighted by Crippen LogP contribution is -2.34. The van der Waals surface area contributed by atoms with Gasteiger partial charge < -0.3 is 20.4 Å². The number of carbonyl (C=O) groups excluding carboxylic acids is 3. The van der Waals surface area contributed by atoms with Gasteiger partial charge in [-0.25, -0.2) is 9.78 Å². The molecule has 3 heterocycles. The molecule has 0 radical (unpaired) electrons. The normalized spacial score (nSPS) is 13.8. The number of nitrogens with zero attached hydrogens (tertiary/aromatic N) is 2. The third-order valence-corrected chi connectivity index (χ3v) is 7.40. The van der Waals surface area contributed by atoms with Crippen molar-refractivity contribution >= 4 is 45.2 Å². The molecule has 1 atom stereocenters. The molecule has 0 unspecified atom stereocenters. The first-order valence-corrected chi connectivity index (χ1v) is 12.5. The lowest BCUT2D eigenvalue weighted by Gasteiger charge is -2.17. The standard InChI is InChI=1S/C25H28N4O5S/c1-4-17(23(32)28-24-19(21(26)31)14-8-6-7-9-18(14)35-24)34-25(33)16-12-29(5-2)22-15(20(16)30)11-10-13(3)27-22/h10-12,17H,4-9H2,1-3H3,(H2,26,31)(H,28,32)/t17-/m1/s1. The summed E-state index contributed by atoms with van der Waals surface area (Å²) in [6.45, 7) is 5.89. The molecule has 10 heteroatoms. The SMILES string of the molecule is CC[C@@H](OC(=O)c1cn(CC)c2nc(C)ccc2c1=O)C(=O)Nc1sc2c(c1C(N)=O)CCCC2. The number of carbonyl (C=O) groups is 3. The molecule has 0 saturated heterocycles. The van der Waals surface area contributed by atoms with Crippen LogP contribution in [0.15, 0.2) is 23.1 Å². The third kappa shape index (κ3) is 4.70. The Morgan fingerprint density at radius 3 is 2.66 bits per heavy atom. The zero-order valence-corrected chi connectivity index (χ0v) is 20.8. The van der Waals surface area contributed by atoms with Crippen LogP contribution in [-0.2, 0) is 28.9 Å². The van der Waals surface area contributed by atoms with E-state index in [1.807, 2.05) is 13.8 Å². The van der Waals surface area contributed by atoms with Crippen molar-refractivity contribution in [2.24, 2.45) is 5.73 Å². The fourth-order valence-electron chi connectivity index (χ4n) is 4.37. The van der Waals surface area contributed by atoms with E-state index in [-0.39, 0.29) is 12.0 Å². The number of nitrogens with two attached hydrogens (primary N) is 1. The highest BCUT2D eigenvalue weighted by Gasteiger charge is 2.29. The Morgan fingerprint density at radius 2 is 1.97 bits per heavy atom. The van der Waals surface area contributed by atoms with Crippen molar-refractivity contribution in [1.29, 1.82) is 0 Å². The van der Waals surface area contributed by atoms with Crippen molar-refractivity contribution < 1.29 is 19.1 Å². The highest BCUT2D eigenvalue weighted by atomic mass is 32.1. The van der Waals surface area contributed by atoms with E-state index in [4.69, 9.17) is 10.5 Å². The van der Waals surface area contributed by atoms with Crippen molar-refractivity contribution in [1.82, 2.24) is 9.55 Å². The summed E-state index contributed by atoms with van der Waals surface area (Å²) in [5, 5.41) is 3.42. The number of amides is 2. The Balaban J connectivity index is 1.60. The Morgan fingerprint density at radius 1 is 1.23 bits per heavy atom. The molecule has 2 amide bonds. The fraction of sp³-hybridized carbons (Fsp3) is 0.400. The van der Waals surface area contributed by atoms with Crippen LogP contribution in [0.1, 0.15) is 70.0 Å². The highest BCUT2D eigenvalue weighted by Crippen LogP contribution is 2.38. The Hall–Kier alpha value is -3.53. The number of pyridine rings is 2. The molecule has 3 aromatic rings. The summed E-state index contributed by atoms with van der Waals surface area (Å²) < 4.78 is 7.18. The van der Waals surface area contributed by atoms with E-state index in [2.05, 4.69) is 10.3 Å². The number of fused-ring (bicyclic) bond motifs is 2. The van der Waals surface area contributed by atoms with Crippen LogP contribution in [0.3, 0.4) is 0 Å². The van der Waals surface area contributed by atoms with Gasteiger partial charge in [-0.1, -0.05) is 6.92 Å². The third-order valence-electron chi connectivity index (χ3n) is 6.19. The molecular formula is C25H28N4O5S. The number of ether oxygens (including phenoxy) is 1. The summed E-state index contributed by atoms with van der Waals surface area (Å²) in [7, 11) is 0. The van der Waals surface area contributed by atoms with E-state index in [9.17, 15) is 19.2 Å². The summed E-state index contributed by atoms with van der Waals surface area (Å²) in [4.78, 5) is 56.6. The number of thiophene rings is 1. The van der Waals surface area contributed by atoms with Crippen molar-refractivity contribution in [3.05, 3.63) is 55.8 Å². The van der Waals surface area contributed by atoms with Gasteiger partial charge in [0.2, 0.25) is 5.43 Å². The van der Waals surface area contributed by atoms with Crippen LogP contribution in [0, 0.1) is 6.92 Å². The van der Waals surface area contributed by atoms with Gasteiger partial charge in [-0.15, -0.1) is 11.3 Å². The molecule has 0 aromatic carbocycles. The van der Waals surface area contributed by atoms with E-state index in [0.29, 0.717) is 28.1 Å². The molecule has 3 N–H and O–H groups in total. The maximum Gasteiger partial charge on any atom is 0.344 e. The van der Waals surface area contributed by atoms with Crippen LogP contribution in [0.2, 0.25) is 0 Å². The first-order chi connectivity index (χ1) is 16.7. The minimum absolute atomic E-state index is 0.166. The molecule has 0 saturated carbocycles. The second kappa shape index (κ2) is 9.99. The second-order valence-corrected chi connectivity index (χ2v) is 9.66. The molecular weight excluding hydrogens is 468 g/mol. The number of primary amides is 1. The predicted molar refractivity (Wildman–Crippen MR) is 134 cm³/mol. The van der Waals surface area contributed by atoms with Gasteiger partial charge in [-0.05, 0) is 63.6 Å². The zero-order valence-electron chi connectivity index (χ0n) is 20.0. The van der Waals surface area contributed by atoms with Gasteiger partial charge >= 0.3 is 5.97 Å². The van der Waals surface area contributed by atoms with Crippen LogP contribution >= 0.6 is 11.3 Å². The monoisotopic (exact) mass is 496 g/mol. The summed E-state index contributed by atoms with van der Waals surface area (Å²) in [5.41, 5.74) is 7.42. The summed E-state index contributed by atoms with van der Waals surface area (Å²) >= 11 is 1.34. The molecule has 0 aliphatic heterocycles. The van der Waals surface area contributed by atoms with Gasteiger partial charge in [-0.2, -0.15) is 0 Å². The quantitative estimate of drug-likeness (QED) is 0.482. The van der Waals surface area contributed by atoms with Crippen LogP contribution < -0.4 is 16.5 Å². The number of rotatable bonds is 7. The number of hydrogen-bond donors (Lipinski definition) is 2. The minimum atomic E-state index is -1.15. The van der Waals surface area contributed by atoms with Gasteiger partial charge in [0.1, 0.15) is 16.2 Å². The van der Waals surface area contributed by atoms with Gasteiger partial charge in [0, 0.05) is 23.3 Å². The molecule has 0 bridgehead atoms. The lowest BCUT2D eigenvalue weighted by molar-refractivity contribution is -0.124. The molecule has 184 valence electrons. The Kier molecular flexibility index (Phi) is 7.02. The van der Waals surface area contributed by atoms with Crippen LogP contribution in [0.4, 0.5) is 5.00 Å². The number of anilines is 1. The first kappa shape index (κ1) is 24.6. The molecule has 1 aliphatic rings. The average molecular weight is 497 g/mol. The topological polar surface area (TPSA) is 133 Å². The Bertz CT molecular complexity index is 1390. The molecule has 35 heavy (non-hydrogen) atoms. The maximum absolute atomic E-state index is 13.0. The highest BCUT2D eigenvalue weighted by molar-refractivity contribution is 7.17. The summed E-state index contributed by atoms with van der Waals surface area (Å²) in [6, 6.07) is 3.34. The van der Waals surface area contributed by atoms with E-state index in [0.717, 1.165) is 41.8 Å². The smallest absolute Gasteiger partial charge is 0.344 e.